The number of benzene rings is 1. The molecule has 23 heavy (non-hydrogen) atoms. The van der Waals surface area contributed by atoms with Crippen molar-refractivity contribution in [3.05, 3.63) is 35.6 Å². The van der Waals surface area contributed by atoms with E-state index in [0.717, 1.165) is 18.4 Å². The maximum absolute atomic E-state index is 13.1. The lowest BCUT2D eigenvalue weighted by Crippen LogP contribution is -2.59. The average Bonchev–Trinajstić information content (AvgIpc) is 2.86. The number of rotatable bonds is 4. The van der Waals surface area contributed by atoms with Crippen molar-refractivity contribution in [1.29, 1.82) is 0 Å². The topological polar surface area (TPSA) is 46.6 Å². The van der Waals surface area contributed by atoms with E-state index >= 15 is 0 Å². The highest BCUT2D eigenvalue weighted by Gasteiger charge is 2.60. The summed E-state index contributed by atoms with van der Waals surface area (Å²) < 4.78 is 18.1. The Morgan fingerprint density at radius 2 is 2.04 bits per heavy atom. The fourth-order valence-electron chi connectivity index (χ4n) is 4.32. The van der Waals surface area contributed by atoms with Crippen LogP contribution in [0.3, 0.4) is 0 Å². The minimum absolute atomic E-state index is 0.00899. The molecular weight excluding hydrogens is 297 g/mol. The van der Waals surface area contributed by atoms with Gasteiger partial charge in [-0.05, 0) is 37.0 Å². The third-order valence-electron chi connectivity index (χ3n) is 5.52. The highest BCUT2D eigenvalue weighted by atomic mass is 19.1. The first-order valence-corrected chi connectivity index (χ1v) is 8.14. The number of fused-ring (bicyclic) bond motifs is 2. The molecule has 124 valence electrons. The van der Waals surface area contributed by atoms with Crippen molar-refractivity contribution in [3.63, 3.8) is 0 Å². The fraction of sp³-hybridized carbons (Fsp3) is 0.556. The summed E-state index contributed by atoms with van der Waals surface area (Å²) >= 11 is 0. The summed E-state index contributed by atoms with van der Waals surface area (Å²) in [6, 6.07) is 6.45. The van der Waals surface area contributed by atoms with E-state index in [9.17, 15) is 14.0 Å². The van der Waals surface area contributed by atoms with E-state index in [4.69, 9.17) is 4.74 Å². The molecule has 2 aliphatic rings. The van der Waals surface area contributed by atoms with Gasteiger partial charge in [0.2, 0.25) is 0 Å². The normalized spacial score (nSPS) is 30.5. The van der Waals surface area contributed by atoms with E-state index < -0.39 is 11.4 Å². The van der Waals surface area contributed by atoms with E-state index in [2.05, 4.69) is 4.90 Å². The van der Waals surface area contributed by atoms with Crippen LogP contribution in [-0.2, 0) is 20.9 Å². The van der Waals surface area contributed by atoms with Gasteiger partial charge in [-0.2, -0.15) is 0 Å². The van der Waals surface area contributed by atoms with Crippen molar-refractivity contribution in [2.24, 2.45) is 5.41 Å². The summed E-state index contributed by atoms with van der Waals surface area (Å²) in [4.78, 5) is 27.4. The molecule has 0 N–H and O–H groups in total. The van der Waals surface area contributed by atoms with Crippen LogP contribution in [0.25, 0.3) is 0 Å². The lowest BCUT2D eigenvalue weighted by molar-refractivity contribution is -0.167. The molecule has 1 aromatic rings. The van der Waals surface area contributed by atoms with Crippen LogP contribution in [0.5, 0.6) is 0 Å². The molecule has 3 rings (SSSR count). The number of piperidine rings is 1. The van der Waals surface area contributed by atoms with Crippen LogP contribution >= 0.6 is 0 Å². The molecule has 0 saturated carbocycles. The standard InChI is InChI=1S/C18H22FNO3/c1-3-18(17(22)23-2)15-9-8-14(10-16(18)21)20(15)11-12-4-6-13(19)7-5-12/h4-7,14-15H,3,8-11H2,1-2H3/t14-,15-,18+/m1/s1. The van der Waals surface area contributed by atoms with Crippen LogP contribution < -0.4 is 0 Å². The second kappa shape index (κ2) is 6.04. The number of carbonyl (C=O) groups is 2. The number of esters is 1. The molecule has 1 aromatic carbocycles. The third kappa shape index (κ3) is 2.47. The number of carbonyl (C=O) groups excluding carboxylic acids is 2. The van der Waals surface area contributed by atoms with Gasteiger partial charge in [-0.1, -0.05) is 19.1 Å². The molecule has 5 heteroatoms. The van der Waals surface area contributed by atoms with Gasteiger partial charge in [0.1, 0.15) is 11.2 Å². The molecule has 0 radical (unpaired) electrons. The third-order valence-corrected chi connectivity index (χ3v) is 5.52. The van der Waals surface area contributed by atoms with Crippen LogP contribution in [0.4, 0.5) is 4.39 Å². The summed E-state index contributed by atoms with van der Waals surface area (Å²) in [6.07, 6.45) is 2.58. The zero-order valence-corrected chi connectivity index (χ0v) is 13.5. The molecule has 2 bridgehead atoms. The van der Waals surface area contributed by atoms with Gasteiger partial charge in [-0.3, -0.25) is 14.5 Å². The Bertz CT molecular complexity index is 615. The van der Waals surface area contributed by atoms with Gasteiger partial charge in [0.05, 0.1) is 7.11 Å². The molecule has 3 atom stereocenters. The Morgan fingerprint density at radius 3 is 2.65 bits per heavy atom. The second-order valence-electron chi connectivity index (χ2n) is 6.49. The van der Waals surface area contributed by atoms with E-state index in [0.29, 0.717) is 19.4 Å². The SMILES string of the molecule is CC[C@@]1(C(=O)OC)C(=O)C[C@H]2CC[C@H]1N2Cc1ccc(F)cc1. The van der Waals surface area contributed by atoms with Crippen LogP contribution in [0.1, 0.15) is 38.2 Å². The smallest absolute Gasteiger partial charge is 0.320 e. The molecule has 0 spiro atoms. The number of nitrogens with zero attached hydrogens (tertiary/aromatic N) is 1. The molecular formula is C18H22FNO3. The molecule has 0 amide bonds. The lowest BCUT2D eigenvalue weighted by atomic mass is 9.70. The predicted molar refractivity (Wildman–Crippen MR) is 83.1 cm³/mol. The van der Waals surface area contributed by atoms with E-state index in [-0.39, 0.29) is 23.7 Å². The van der Waals surface area contributed by atoms with Gasteiger partial charge in [0.25, 0.3) is 0 Å². The second-order valence-corrected chi connectivity index (χ2v) is 6.49. The summed E-state index contributed by atoms with van der Waals surface area (Å²) in [5.74, 6) is -0.669. The van der Waals surface area contributed by atoms with E-state index in [1.54, 1.807) is 12.1 Å². The molecule has 2 heterocycles. The van der Waals surface area contributed by atoms with Gasteiger partial charge in [-0.25, -0.2) is 4.39 Å². The van der Waals surface area contributed by atoms with Gasteiger partial charge in [0.15, 0.2) is 5.78 Å². The Morgan fingerprint density at radius 1 is 1.35 bits per heavy atom. The van der Waals surface area contributed by atoms with Crippen molar-refractivity contribution in [2.75, 3.05) is 7.11 Å². The van der Waals surface area contributed by atoms with E-state index in [1.165, 1.54) is 19.2 Å². The predicted octanol–water partition coefficient (Wildman–Crippen LogP) is 2.70. The Hall–Kier alpha value is -1.75. The Balaban J connectivity index is 1.92. The van der Waals surface area contributed by atoms with Gasteiger partial charge in [0, 0.05) is 25.0 Å². The van der Waals surface area contributed by atoms with Gasteiger partial charge < -0.3 is 4.74 Å². The molecule has 0 unspecified atom stereocenters. The first-order chi connectivity index (χ1) is 11.0. The van der Waals surface area contributed by atoms with E-state index in [1.807, 2.05) is 6.92 Å². The van der Waals surface area contributed by atoms with Crippen molar-refractivity contribution in [3.8, 4) is 0 Å². The molecule has 2 fully saturated rings. The lowest BCUT2D eigenvalue weighted by Gasteiger charge is -2.45. The number of hydrogen-bond donors (Lipinski definition) is 0. The van der Waals surface area contributed by atoms with Crippen LogP contribution in [0.2, 0.25) is 0 Å². The monoisotopic (exact) mass is 319 g/mol. The quantitative estimate of drug-likeness (QED) is 0.632. The zero-order chi connectivity index (χ0) is 16.6. The number of ketones is 1. The fourth-order valence-corrected chi connectivity index (χ4v) is 4.32. The summed E-state index contributed by atoms with van der Waals surface area (Å²) in [5.41, 5.74) is -0.0607. The van der Waals surface area contributed by atoms with Crippen LogP contribution in [0, 0.1) is 11.2 Å². The summed E-state index contributed by atoms with van der Waals surface area (Å²) in [5, 5.41) is 0. The van der Waals surface area contributed by atoms with Crippen LogP contribution in [-0.4, -0.2) is 35.8 Å². The largest absolute Gasteiger partial charge is 0.468 e. The molecule has 2 aliphatic heterocycles. The number of ether oxygens (including phenoxy) is 1. The number of Topliss-reactive ketones (excluding diaryl/α,β-unsaturated/α-hetero) is 1. The molecule has 2 saturated heterocycles. The first-order valence-electron chi connectivity index (χ1n) is 8.14. The molecule has 4 nitrogen and oxygen atoms in total. The maximum Gasteiger partial charge on any atom is 0.320 e. The van der Waals surface area contributed by atoms with Crippen molar-refractivity contribution >= 4 is 11.8 Å². The molecule has 0 aromatic heterocycles. The average molecular weight is 319 g/mol. The van der Waals surface area contributed by atoms with Gasteiger partial charge in [-0.15, -0.1) is 0 Å². The van der Waals surface area contributed by atoms with Gasteiger partial charge >= 0.3 is 5.97 Å². The maximum atomic E-state index is 13.1. The Labute approximate surface area is 135 Å². The van der Waals surface area contributed by atoms with Crippen molar-refractivity contribution < 1.29 is 18.7 Å². The minimum Gasteiger partial charge on any atom is -0.468 e. The summed E-state index contributed by atoms with van der Waals surface area (Å²) in [6.45, 7) is 2.51. The van der Waals surface area contributed by atoms with Crippen molar-refractivity contribution in [1.82, 2.24) is 4.90 Å². The highest BCUT2D eigenvalue weighted by Crippen LogP contribution is 2.47. The first kappa shape index (κ1) is 16.1. The number of halogens is 1. The minimum atomic E-state index is -1.05. The zero-order valence-electron chi connectivity index (χ0n) is 13.5. The highest BCUT2D eigenvalue weighted by molar-refractivity contribution is 6.05. The number of hydrogen-bond acceptors (Lipinski definition) is 4. The van der Waals surface area contributed by atoms with Crippen LogP contribution in [0.15, 0.2) is 24.3 Å². The summed E-state index contributed by atoms with van der Waals surface area (Å²) in [7, 11) is 1.35. The number of methoxy groups -OCH3 is 1. The van der Waals surface area contributed by atoms with Crippen molar-refractivity contribution in [2.45, 2.75) is 51.2 Å². The molecule has 0 aliphatic carbocycles. The Kier molecular flexibility index (Phi) is 4.23.